The number of nitro groups is 1. The Morgan fingerprint density at radius 2 is 1.81 bits per heavy atom. The largest absolute Gasteiger partial charge is 0.477 e. The van der Waals surface area contributed by atoms with Gasteiger partial charge in [0, 0.05) is 6.07 Å². The van der Waals surface area contributed by atoms with Gasteiger partial charge in [0.2, 0.25) is 0 Å². The Balaban J connectivity index is 0.000000277. The SMILES string of the molecule is CC(=O)Nc1cccc([As](=O)(O)OO)c1.O=C(O)c1ccccc1[N+](=O)[O-]. The number of para-hydroxylation sites is 1. The van der Waals surface area contributed by atoms with Gasteiger partial charge in [-0.15, -0.1) is 0 Å². The van der Waals surface area contributed by atoms with Crippen LogP contribution < -0.4 is 9.67 Å². The number of aromatic carboxylic acids is 1. The first kappa shape index (κ1) is 22.1. The number of benzene rings is 2. The number of carboxylic acids is 1. The van der Waals surface area contributed by atoms with Gasteiger partial charge in [0.15, 0.2) is 0 Å². The Hall–Kier alpha value is -2.98. The Morgan fingerprint density at radius 1 is 1.19 bits per heavy atom. The van der Waals surface area contributed by atoms with E-state index in [0.717, 1.165) is 6.07 Å². The molecule has 0 heterocycles. The summed E-state index contributed by atoms with van der Waals surface area (Å²) in [7, 11) is 0. The van der Waals surface area contributed by atoms with Gasteiger partial charge < -0.3 is 5.11 Å². The fourth-order valence-corrected chi connectivity index (χ4v) is 3.23. The summed E-state index contributed by atoms with van der Waals surface area (Å²) in [4.78, 5) is 30.7. The molecule has 0 fully saturated rings. The van der Waals surface area contributed by atoms with E-state index in [4.69, 9.17) is 10.4 Å². The van der Waals surface area contributed by atoms with E-state index in [1.54, 1.807) is 6.07 Å². The first-order chi connectivity index (χ1) is 12.6. The van der Waals surface area contributed by atoms with Gasteiger partial charge in [0.1, 0.15) is 5.56 Å². The van der Waals surface area contributed by atoms with Crippen molar-refractivity contribution < 1.29 is 36.6 Å². The van der Waals surface area contributed by atoms with E-state index in [0.29, 0.717) is 5.69 Å². The Morgan fingerprint density at radius 3 is 2.30 bits per heavy atom. The van der Waals surface area contributed by atoms with Gasteiger partial charge in [0.25, 0.3) is 5.69 Å². The number of hydrogen-bond donors (Lipinski definition) is 4. The quantitative estimate of drug-likeness (QED) is 0.228. The summed E-state index contributed by atoms with van der Waals surface area (Å²) in [6.45, 7) is 1.32. The molecule has 1 amide bonds. The van der Waals surface area contributed by atoms with E-state index in [1.807, 2.05) is 0 Å². The van der Waals surface area contributed by atoms with Gasteiger partial charge in [0.05, 0.1) is 4.92 Å². The second-order valence-corrected chi connectivity index (χ2v) is 8.52. The first-order valence-electron chi connectivity index (χ1n) is 7.09. The fraction of sp³-hybridized carbons (Fsp3) is 0.0667. The molecular formula is C15H15AsN2O9. The number of carbonyl (C=O) groups is 2. The average Bonchev–Trinajstić information content (AvgIpc) is 2.62. The molecule has 1 atom stereocenters. The van der Waals surface area contributed by atoms with Crippen LogP contribution in [0.15, 0.2) is 48.5 Å². The summed E-state index contributed by atoms with van der Waals surface area (Å²) in [5.41, 5.74) is -0.305. The van der Waals surface area contributed by atoms with Gasteiger partial charge in [-0.2, -0.15) is 0 Å². The number of nitrogens with zero attached hydrogens (tertiary/aromatic N) is 1. The number of rotatable bonds is 5. The zero-order chi connectivity index (χ0) is 20.6. The molecule has 0 bridgehead atoms. The summed E-state index contributed by atoms with van der Waals surface area (Å²) in [6.07, 6.45) is 0. The predicted octanol–water partition coefficient (Wildman–Crippen LogP) is 0.996. The second kappa shape index (κ2) is 9.64. The van der Waals surface area contributed by atoms with Crippen molar-refractivity contribution in [2.75, 3.05) is 5.32 Å². The van der Waals surface area contributed by atoms with Crippen LogP contribution in [0.2, 0.25) is 0 Å². The van der Waals surface area contributed by atoms with Crippen molar-refractivity contribution in [2.24, 2.45) is 0 Å². The summed E-state index contributed by atoms with van der Waals surface area (Å²) >= 11 is -4.83. The van der Waals surface area contributed by atoms with E-state index >= 15 is 0 Å². The van der Waals surface area contributed by atoms with Crippen LogP contribution in [0, 0.1) is 10.1 Å². The molecule has 2 aromatic carbocycles. The number of anilines is 1. The molecule has 2 rings (SSSR count). The van der Waals surface area contributed by atoms with Gasteiger partial charge in [-0.25, -0.2) is 4.79 Å². The molecule has 0 aromatic heterocycles. The van der Waals surface area contributed by atoms with Crippen LogP contribution in [0.4, 0.5) is 11.4 Å². The number of nitrogens with one attached hydrogen (secondary N) is 1. The van der Waals surface area contributed by atoms with Crippen molar-refractivity contribution in [1.82, 2.24) is 0 Å². The standard InChI is InChI=1S/C8H10AsNO5.C7H5NO4/c1-6(11)10-8-4-2-3-7(5-8)9(12,13)15-14;9-7(10)5-3-1-2-4-6(5)8(11)12/h2-5,14H,1H3,(H,10,11)(H,12,13);1-4H,(H,9,10). The minimum Gasteiger partial charge on any atom is -0.477 e. The van der Waals surface area contributed by atoms with E-state index in [-0.39, 0.29) is 21.5 Å². The molecule has 0 aliphatic heterocycles. The number of amides is 1. The average molecular weight is 442 g/mol. The topological polar surface area (TPSA) is 176 Å². The maximum absolute atomic E-state index is 11.3. The van der Waals surface area contributed by atoms with Gasteiger partial charge in [-0.05, 0) is 6.07 Å². The summed E-state index contributed by atoms with van der Waals surface area (Å²) < 4.78 is 23.9. The molecule has 11 nitrogen and oxygen atoms in total. The van der Waals surface area contributed by atoms with Gasteiger partial charge in [-0.1, -0.05) is 12.1 Å². The smallest absolute Gasteiger partial charge is 0.342 e. The van der Waals surface area contributed by atoms with Crippen LogP contribution >= 0.6 is 0 Å². The Labute approximate surface area is 155 Å². The van der Waals surface area contributed by atoms with Crippen LogP contribution in [0.5, 0.6) is 0 Å². The van der Waals surface area contributed by atoms with E-state index in [2.05, 4.69) is 9.19 Å². The Bertz CT molecular complexity index is 867. The van der Waals surface area contributed by atoms with Crippen LogP contribution in [0.1, 0.15) is 17.3 Å². The van der Waals surface area contributed by atoms with Crippen LogP contribution in [0.25, 0.3) is 0 Å². The number of hydrogen-bond acceptors (Lipinski definition) is 7. The van der Waals surface area contributed by atoms with E-state index < -0.39 is 25.1 Å². The molecular weight excluding hydrogens is 427 g/mol. The van der Waals surface area contributed by atoms with Gasteiger partial charge in [-0.3, -0.25) is 10.1 Å². The second-order valence-electron chi connectivity index (χ2n) is 4.91. The monoisotopic (exact) mass is 442 g/mol. The van der Waals surface area contributed by atoms with Crippen molar-refractivity contribution in [2.45, 2.75) is 6.92 Å². The zero-order valence-electron chi connectivity index (χ0n) is 13.8. The summed E-state index contributed by atoms with van der Waals surface area (Å²) in [6, 6.07) is 10.9. The van der Waals surface area contributed by atoms with Gasteiger partial charge >= 0.3 is 94.4 Å². The normalized spacial score (nSPS) is 12.1. The van der Waals surface area contributed by atoms with Crippen molar-refractivity contribution in [3.63, 3.8) is 0 Å². The number of nitro benzene ring substituents is 1. The number of carboxylic acid groups (broad SMARTS) is 1. The fourth-order valence-electron chi connectivity index (χ4n) is 1.82. The summed E-state index contributed by atoms with van der Waals surface area (Å²) in [5, 5.41) is 29.5. The third kappa shape index (κ3) is 6.68. The predicted molar refractivity (Wildman–Crippen MR) is 92.8 cm³/mol. The van der Waals surface area contributed by atoms with Crippen molar-refractivity contribution in [3.8, 4) is 0 Å². The van der Waals surface area contributed by atoms with Crippen molar-refractivity contribution in [3.05, 3.63) is 64.2 Å². The molecule has 0 aliphatic carbocycles. The summed E-state index contributed by atoms with van der Waals surface area (Å²) in [5.74, 6) is -1.58. The molecule has 4 N–H and O–H groups in total. The Kier molecular flexibility index (Phi) is 7.88. The minimum absolute atomic E-state index is 0.0399. The molecule has 0 spiro atoms. The zero-order valence-corrected chi connectivity index (χ0v) is 15.7. The molecule has 0 aliphatic rings. The van der Waals surface area contributed by atoms with Crippen molar-refractivity contribution >= 4 is 41.8 Å². The van der Waals surface area contributed by atoms with Crippen molar-refractivity contribution in [1.29, 1.82) is 0 Å². The third-order valence-corrected chi connectivity index (χ3v) is 5.35. The van der Waals surface area contributed by atoms with Crippen LogP contribution in [-0.2, 0) is 12.4 Å². The molecule has 1 unspecified atom stereocenters. The maximum atomic E-state index is 11.3. The molecule has 2 aromatic rings. The third-order valence-electron chi connectivity index (χ3n) is 2.93. The molecule has 0 radical (unpaired) electrons. The van der Waals surface area contributed by atoms with Crippen LogP contribution in [0.3, 0.4) is 0 Å². The molecule has 0 saturated carbocycles. The minimum atomic E-state index is -4.83. The first-order valence-corrected chi connectivity index (χ1v) is 10.4. The molecule has 144 valence electrons. The molecule has 27 heavy (non-hydrogen) atoms. The molecule has 12 heteroatoms. The number of carbonyl (C=O) groups excluding carboxylic acids is 1. The van der Waals surface area contributed by atoms with E-state index in [9.17, 15) is 27.5 Å². The molecule has 0 saturated heterocycles. The van der Waals surface area contributed by atoms with Crippen LogP contribution in [-0.4, -0.2) is 45.4 Å². The van der Waals surface area contributed by atoms with E-state index in [1.165, 1.54) is 43.3 Å². The maximum Gasteiger partial charge on any atom is 0.342 e.